The number of nitrogens with zero attached hydrogens (tertiary/aromatic N) is 1. The van der Waals surface area contributed by atoms with E-state index in [1.807, 2.05) is 18.2 Å². The SMILES string of the molecule is COc1ccccc1CNC(=O)CN(c1cccc(Br)c1)S(C)(=O)=O. The number of benzene rings is 2. The molecule has 0 saturated heterocycles. The molecule has 1 amide bonds. The second kappa shape index (κ2) is 8.35. The fourth-order valence-electron chi connectivity index (χ4n) is 2.26. The van der Waals surface area contributed by atoms with Crippen molar-refractivity contribution >= 4 is 37.5 Å². The maximum Gasteiger partial charge on any atom is 0.241 e. The van der Waals surface area contributed by atoms with E-state index in [4.69, 9.17) is 4.74 Å². The van der Waals surface area contributed by atoms with Gasteiger partial charge in [0.2, 0.25) is 15.9 Å². The number of carbonyl (C=O) groups excluding carboxylic acids is 1. The molecular weight excluding hydrogens is 408 g/mol. The molecule has 0 aliphatic carbocycles. The summed E-state index contributed by atoms with van der Waals surface area (Å²) in [6.07, 6.45) is 1.07. The molecule has 0 atom stereocenters. The molecule has 2 rings (SSSR count). The van der Waals surface area contributed by atoms with Crippen molar-refractivity contribution < 1.29 is 17.9 Å². The van der Waals surface area contributed by atoms with Gasteiger partial charge < -0.3 is 10.1 Å². The van der Waals surface area contributed by atoms with Crippen molar-refractivity contribution in [3.63, 3.8) is 0 Å². The number of rotatable bonds is 7. The molecule has 134 valence electrons. The monoisotopic (exact) mass is 426 g/mol. The molecular formula is C17H19BrN2O4S. The predicted molar refractivity (Wildman–Crippen MR) is 101 cm³/mol. The molecule has 0 saturated carbocycles. The third kappa shape index (κ3) is 5.47. The predicted octanol–water partition coefficient (Wildman–Crippen LogP) is 2.54. The Morgan fingerprint density at radius 1 is 1.20 bits per heavy atom. The minimum Gasteiger partial charge on any atom is -0.496 e. The average Bonchev–Trinajstić information content (AvgIpc) is 2.57. The Bertz CT molecular complexity index is 855. The molecule has 25 heavy (non-hydrogen) atoms. The smallest absolute Gasteiger partial charge is 0.241 e. The number of hydrogen-bond donors (Lipinski definition) is 1. The van der Waals surface area contributed by atoms with Crippen molar-refractivity contribution in [1.82, 2.24) is 5.32 Å². The van der Waals surface area contributed by atoms with E-state index in [9.17, 15) is 13.2 Å². The summed E-state index contributed by atoms with van der Waals surface area (Å²) in [6.45, 7) is -0.0522. The van der Waals surface area contributed by atoms with Gasteiger partial charge in [-0.15, -0.1) is 0 Å². The molecule has 2 aromatic carbocycles. The summed E-state index contributed by atoms with van der Waals surface area (Å²) < 4.78 is 31.2. The Balaban J connectivity index is 2.10. The molecule has 6 nitrogen and oxygen atoms in total. The van der Waals surface area contributed by atoms with Crippen molar-refractivity contribution in [3.8, 4) is 5.75 Å². The fourth-order valence-corrected chi connectivity index (χ4v) is 3.50. The lowest BCUT2D eigenvalue weighted by atomic mass is 10.2. The zero-order valence-corrected chi connectivity index (χ0v) is 16.3. The van der Waals surface area contributed by atoms with E-state index in [2.05, 4.69) is 21.2 Å². The van der Waals surface area contributed by atoms with Crippen LogP contribution in [0.25, 0.3) is 0 Å². The number of sulfonamides is 1. The molecule has 0 heterocycles. The Labute approximate surface area is 156 Å². The first-order valence-electron chi connectivity index (χ1n) is 7.43. The minimum atomic E-state index is -3.60. The van der Waals surface area contributed by atoms with Gasteiger partial charge in [-0.3, -0.25) is 9.10 Å². The van der Waals surface area contributed by atoms with Crippen LogP contribution in [0.2, 0.25) is 0 Å². The van der Waals surface area contributed by atoms with Gasteiger partial charge in [0.25, 0.3) is 0 Å². The van der Waals surface area contributed by atoms with Gasteiger partial charge in [-0.1, -0.05) is 40.2 Å². The lowest BCUT2D eigenvalue weighted by molar-refractivity contribution is -0.119. The molecule has 1 N–H and O–H groups in total. The van der Waals surface area contributed by atoms with Gasteiger partial charge in [-0.05, 0) is 24.3 Å². The van der Waals surface area contributed by atoms with Crippen LogP contribution >= 0.6 is 15.9 Å². The molecule has 0 bridgehead atoms. The van der Waals surface area contributed by atoms with Crippen LogP contribution in [0.1, 0.15) is 5.56 Å². The number of methoxy groups -OCH3 is 1. The van der Waals surface area contributed by atoms with Crippen LogP contribution in [-0.2, 0) is 21.4 Å². The van der Waals surface area contributed by atoms with E-state index in [0.29, 0.717) is 11.4 Å². The Morgan fingerprint density at radius 2 is 1.92 bits per heavy atom. The van der Waals surface area contributed by atoms with E-state index in [1.54, 1.807) is 37.4 Å². The molecule has 8 heteroatoms. The molecule has 0 aromatic heterocycles. The maximum absolute atomic E-state index is 12.3. The zero-order valence-electron chi connectivity index (χ0n) is 13.9. The van der Waals surface area contributed by atoms with Crippen LogP contribution in [0, 0.1) is 0 Å². The van der Waals surface area contributed by atoms with Crippen molar-refractivity contribution in [2.45, 2.75) is 6.54 Å². The van der Waals surface area contributed by atoms with E-state index >= 15 is 0 Å². The normalized spacial score (nSPS) is 11.0. The van der Waals surface area contributed by atoms with Crippen LogP contribution in [0.4, 0.5) is 5.69 Å². The second-order valence-corrected chi connectivity index (χ2v) is 8.16. The highest BCUT2D eigenvalue weighted by Crippen LogP contribution is 2.22. The van der Waals surface area contributed by atoms with Crippen LogP contribution in [0.3, 0.4) is 0 Å². The first-order chi connectivity index (χ1) is 11.8. The Morgan fingerprint density at radius 3 is 2.56 bits per heavy atom. The average molecular weight is 427 g/mol. The van der Waals surface area contributed by atoms with Gasteiger partial charge in [-0.2, -0.15) is 0 Å². The number of ether oxygens (including phenoxy) is 1. The third-order valence-corrected chi connectivity index (χ3v) is 5.09. The number of halogens is 1. The van der Waals surface area contributed by atoms with Gasteiger partial charge in [0.15, 0.2) is 0 Å². The summed E-state index contributed by atoms with van der Waals surface area (Å²) in [7, 11) is -2.04. The van der Waals surface area contributed by atoms with Crippen molar-refractivity contribution in [2.24, 2.45) is 0 Å². The summed E-state index contributed by atoms with van der Waals surface area (Å²) in [4.78, 5) is 12.3. The Kier molecular flexibility index (Phi) is 6.44. The first-order valence-corrected chi connectivity index (χ1v) is 10.1. The topological polar surface area (TPSA) is 75.7 Å². The number of amides is 1. The highest BCUT2D eigenvalue weighted by Gasteiger charge is 2.21. The number of para-hydroxylation sites is 1. The molecule has 2 aromatic rings. The van der Waals surface area contributed by atoms with Crippen LogP contribution in [-0.4, -0.2) is 34.2 Å². The maximum atomic E-state index is 12.3. The van der Waals surface area contributed by atoms with Gasteiger partial charge in [0, 0.05) is 16.6 Å². The Hall–Kier alpha value is -2.06. The van der Waals surface area contributed by atoms with Crippen LogP contribution < -0.4 is 14.4 Å². The van der Waals surface area contributed by atoms with Crippen molar-refractivity contribution in [1.29, 1.82) is 0 Å². The molecule has 0 spiro atoms. The molecule has 0 fully saturated rings. The number of anilines is 1. The van der Waals surface area contributed by atoms with Crippen molar-refractivity contribution in [2.75, 3.05) is 24.2 Å². The number of carbonyl (C=O) groups is 1. The van der Waals surface area contributed by atoms with Crippen LogP contribution in [0.5, 0.6) is 5.75 Å². The van der Waals surface area contributed by atoms with Gasteiger partial charge >= 0.3 is 0 Å². The van der Waals surface area contributed by atoms with Gasteiger partial charge in [-0.25, -0.2) is 8.42 Å². The van der Waals surface area contributed by atoms with Crippen LogP contribution in [0.15, 0.2) is 53.0 Å². The summed E-state index contributed by atoms with van der Waals surface area (Å²) in [5.74, 6) is 0.256. The van der Waals surface area contributed by atoms with E-state index in [1.165, 1.54) is 0 Å². The lowest BCUT2D eigenvalue weighted by Gasteiger charge is -2.22. The molecule has 0 radical (unpaired) electrons. The van der Waals surface area contributed by atoms with Crippen molar-refractivity contribution in [3.05, 3.63) is 58.6 Å². The molecule has 0 aliphatic rings. The second-order valence-electron chi connectivity index (χ2n) is 5.34. The number of nitrogens with one attached hydrogen (secondary N) is 1. The standard InChI is InChI=1S/C17H19BrN2O4S/c1-24-16-9-4-3-6-13(16)11-19-17(21)12-20(25(2,22)23)15-8-5-7-14(18)10-15/h3-10H,11-12H2,1-2H3,(H,19,21). The van der Waals surface area contributed by atoms with E-state index in [-0.39, 0.29) is 13.1 Å². The van der Waals surface area contributed by atoms with Gasteiger partial charge in [0.1, 0.15) is 12.3 Å². The summed E-state index contributed by atoms with van der Waals surface area (Å²) in [5, 5.41) is 2.72. The molecule has 0 unspecified atom stereocenters. The first kappa shape index (κ1) is 19.3. The van der Waals surface area contributed by atoms with E-state index < -0.39 is 15.9 Å². The fraction of sp³-hybridized carbons (Fsp3) is 0.235. The zero-order chi connectivity index (χ0) is 18.4. The highest BCUT2D eigenvalue weighted by molar-refractivity contribution is 9.10. The highest BCUT2D eigenvalue weighted by atomic mass is 79.9. The molecule has 0 aliphatic heterocycles. The lowest BCUT2D eigenvalue weighted by Crippen LogP contribution is -2.40. The summed E-state index contributed by atoms with van der Waals surface area (Å²) >= 11 is 3.30. The quantitative estimate of drug-likeness (QED) is 0.737. The largest absolute Gasteiger partial charge is 0.496 e. The summed E-state index contributed by atoms with van der Waals surface area (Å²) in [6, 6.07) is 14.1. The number of hydrogen-bond acceptors (Lipinski definition) is 4. The third-order valence-electron chi connectivity index (χ3n) is 3.45. The minimum absolute atomic E-state index is 0.249. The van der Waals surface area contributed by atoms with Gasteiger partial charge in [0.05, 0.1) is 19.1 Å². The summed E-state index contributed by atoms with van der Waals surface area (Å²) in [5.41, 5.74) is 1.23. The van der Waals surface area contributed by atoms with E-state index in [0.717, 1.165) is 20.6 Å².